The van der Waals surface area contributed by atoms with Crippen molar-refractivity contribution < 1.29 is 19.1 Å². The Labute approximate surface area is 120 Å². The predicted octanol–water partition coefficient (Wildman–Crippen LogP) is 2.89. The third-order valence-electron chi connectivity index (χ3n) is 2.40. The summed E-state index contributed by atoms with van der Waals surface area (Å²) in [6.45, 7) is 5.95. The van der Waals surface area contributed by atoms with E-state index in [2.05, 4.69) is 10.1 Å². The SMILES string of the molecule is CC.CCC(NC(=O)OCc1ccccc1)C(=O)OC. The summed E-state index contributed by atoms with van der Waals surface area (Å²) in [6.07, 6.45) is -0.177. The molecule has 1 N–H and O–H groups in total. The number of hydrogen-bond donors (Lipinski definition) is 1. The van der Waals surface area contributed by atoms with Crippen molar-refractivity contribution in [3.63, 3.8) is 0 Å². The Bertz CT molecular complexity index is 392. The van der Waals surface area contributed by atoms with Crippen LogP contribution in [0.1, 0.15) is 32.8 Å². The standard InChI is InChI=1S/C13H17NO4.C2H6/c1-3-11(12(15)17-2)14-13(16)18-9-10-7-5-4-6-8-10;1-2/h4-8,11H,3,9H2,1-2H3,(H,14,16);1-2H3. The molecular formula is C15H23NO4. The molecule has 112 valence electrons. The first-order valence-electron chi connectivity index (χ1n) is 6.72. The molecule has 0 fully saturated rings. The molecule has 5 heteroatoms. The van der Waals surface area contributed by atoms with Gasteiger partial charge in [0.05, 0.1) is 7.11 Å². The number of hydrogen-bond acceptors (Lipinski definition) is 4. The van der Waals surface area contributed by atoms with Gasteiger partial charge in [0, 0.05) is 0 Å². The summed E-state index contributed by atoms with van der Waals surface area (Å²) in [7, 11) is 1.28. The van der Waals surface area contributed by atoms with Crippen LogP contribution in [0, 0.1) is 0 Å². The molecule has 0 aliphatic rings. The number of amides is 1. The summed E-state index contributed by atoms with van der Waals surface area (Å²) in [5, 5.41) is 2.45. The zero-order valence-corrected chi connectivity index (χ0v) is 12.5. The summed E-state index contributed by atoms with van der Waals surface area (Å²) in [5.41, 5.74) is 0.888. The zero-order valence-electron chi connectivity index (χ0n) is 12.5. The number of alkyl carbamates (subject to hydrolysis) is 1. The summed E-state index contributed by atoms with van der Waals surface area (Å²) in [5.74, 6) is -0.478. The van der Waals surface area contributed by atoms with Crippen LogP contribution in [-0.4, -0.2) is 25.2 Å². The summed E-state index contributed by atoms with van der Waals surface area (Å²) < 4.78 is 9.55. The zero-order chi connectivity index (χ0) is 15.4. The molecule has 1 atom stereocenters. The van der Waals surface area contributed by atoms with E-state index in [0.29, 0.717) is 6.42 Å². The lowest BCUT2D eigenvalue weighted by Gasteiger charge is -2.14. The number of esters is 1. The number of benzene rings is 1. The number of carbonyl (C=O) groups excluding carboxylic acids is 2. The van der Waals surface area contributed by atoms with Crippen LogP contribution in [0.5, 0.6) is 0 Å². The van der Waals surface area contributed by atoms with E-state index >= 15 is 0 Å². The van der Waals surface area contributed by atoms with Crippen molar-refractivity contribution in [3.8, 4) is 0 Å². The Morgan fingerprint density at radius 3 is 2.30 bits per heavy atom. The average molecular weight is 281 g/mol. The largest absolute Gasteiger partial charge is 0.467 e. The van der Waals surface area contributed by atoms with Gasteiger partial charge in [-0.3, -0.25) is 0 Å². The molecule has 0 spiro atoms. The number of rotatable bonds is 5. The maximum Gasteiger partial charge on any atom is 0.408 e. The first-order chi connectivity index (χ1) is 9.67. The molecule has 0 aliphatic heterocycles. The van der Waals surface area contributed by atoms with Gasteiger partial charge in [-0.2, -0.15) is 0 Å². The molecule has 0 aliphatic carbocycles. The minimum absolute atomic E-state index is 0.171. The Hall–Kier alpha value is -2.04. The van der Waals surface area contributed by atoms with Gasteiger partial charge < -0.3 is 14.8 Å². The molecule has 0 radical (unpaired) electrons. The van der Waals surface area contributed by atoms with Crippen molar-refractivity contribution in [3.05, 3.63) is 35.9 Å². The molecule has 1 rings (SSSR count). The van der Waals surface area contributed by atoms with Crippen LogP contribution >= 0.6 is 0 Å². The van der Waals surface area contributed by atoms with Crippen molar-refractivity contribution in [2.45, 2.75) is 39.8 Å². The Balaban J connectivity index is 0.00000172. The van der Waals surface area contributed by atoms with Crippen LogP contribution in [0.15, 0.2) is 30.3 Å². The second-order valence-electron chi connectivity index (χ2n) is 3.69. The van der Waals surface area contributed by atoms with E-state index in [1.165, 1.54) is 7.11 Å². The summed E-state index contributed by atoms with van der Waals surface area (Å²) in [4.78, 5) is 22.7. The fourth-order valence-corrected chi connectivity index (χ4v) is 1.38. The van der Waals surface area contributed by atoms with E-state index in [0.717, 1.165) is 5.56 Å². The number of methoxy groups -OCH3 is 1. The fourth-order valence-electron chi connectivity index (χ4n) is 1.38. The highest BCUT2D eigenvalue weighted by atomic mass is 16.6. The highest BCUT2D eigenvalue weighted by molar-refractivity contribution is 5.81. The van der Waals surface area contributed by atoms with Gasteiger partial charge >= 0.3 is 12.1 Å². The summed E-state index contributed by atoms with van der Waals surface area (Å²) >= 11 is 0. The lowest BCUT2D eigenvalue weighted by molar-refractivity contribution is -0.143. The van der Waals surface area contributed by atoms with Crippen molar-refractivity contribution in [2.24, 2.45) is 0 Å². The van der Waals surface area contributed by atoms with Crippen molar-refractivity contribution in [1.29, 1.82) is 0 Å². The third-order valence-corrected chi connectivity index (χ3v) is 2.40. The summed E-state index contributed by atoms with van der Waals surface area (Å²) in [6, 6.07) is 8.64. The number of carbonyl (C=O) groups is 2. The minimum Gasteiger partial charge on any atom is -0.467 e. The van der Waals surface area contributed by atoms with Crippen LogP contribution < -0.4 is 5.32 Å². The highest BCUT2D eigenvalue weighted by Crippen LogP contribution is 2.01. The van der Waals surface area contributed by atoms with Gasteiger partial charge in [-0.1, -0.05) is 51.1 Å². The molecule has 1 aromatic carbocycles. The maximum absolute atomic E-state index is 11.5. The topological polar surface area (TPSA) is 64.6 Å². The van der Waals surface area contributed by atoms with Gasteiger partial charge in [0.25, 0.3) is 0 Å². The fraction of sp³-hybridized carbons (Fsp3) is 0.467. The molecule has 1 aromatic rings. The van der Waals surface area contributed by atoms with Crippen LogP contribution in [-0.2, 0) is 20.9 Å². The molecular weight excluding hydrogens is 258 g/mol. The van der Waals surface area contributed by atoms with Gasteiger partial charge in [0.15, 0.2) is 0 Å². The Morgan fingerprint density at radius 1 is 1.20 bits per heavy atom. The third kappa shape index (κ3) is 6.78. The molecule has 1 unspecified atom stereocenters. The molecule has 20 heavy (non-hydrogen) atoms. The Morgan fingerprint density at radius 2 is 1.80 bits per heavy atom. The number of ether oxygens (including phenoxy) is 2. The van der Waals surface area contributed by atoms with E-state index in [1.807, 2.05) is 44.2 Å². The average Bonchev–Trinajstić information content (AvgIpc) is 2.52. The van der Waals surface area contributed by atoms with Gasteiger partial charge in [0.2, 0.25) is 0 Å². The first-order valence-corrected chi connectivity index (χ1v) is 6.72. The van der Waals surface area contributed by atoms with Crippen LogP contribution in [0.3, 0.4) is 0 Å². The molecule has 0 aromatic heterocycles. The first kappa shape index (κ1) is 18.0. The van der Waals surface area contributed by atoms with Gasteiger partial charge in [-0.15, -0.1) is 0 Å². The maximum atomic E-state index is 11.5. The van der Waals surface area contributed by atoms with Crippen LogP contribution in [0.25, 0.3) is 0 Å². The van der Waals surface area contributed by atoms with Gasteiger partial charge in [0.1, 0.15) is 12.6 Å². The smallest absolute Gasteiger partial charge is 0.408 e. The lowest BCUT2D eigenvalue weighted by atomic mass is 10.2. The van der Waals surface area contributed by atoms with E-state index < -0.39 is 18.1 Å². The quantitative estimate of drug-likeness (QED) is 0.843. The van der Waals surface area contributed by atoms with Crippen LogP contribution in [0.4, 0.5) is 4.79 Å². The molecule has 0 saturated heterocycles. The lowest BCUT2D eigenvalue weighted by Crippen LogP contribution is -2.41. The van der Waals surface area contributed by atoms with E-state index in [-0.39, 0.29) is 6.61 Å². The van der Waals surface area contributed by atoms with Gasteiger partial charge in [-0.05, 0) is 12.0 Å². The second kappa shape index (κ2) is 10.8. The van der Waals surface area contributed by atoms with E-state index in [4.69, 9.17) is 4.74 Å². The van der Waals surface area contributed by atoms with Crippen LogP contribution in [0.2, 0.25) is 0 Å². The van der Waals surface area contributed by atoms with E-state index in [1.54, 1.807) is 6.92 Å². The predicted molar refractivity (Wildman–Crippen MR) is 77.2 cm³/mol. The van der Waals surface area contributed by atoms with Gasteiger partial charge in [-0.25, -0.2) is 9.59 Å². The van der Waals surface area contributed by atoms with E-state index in [9.17, 15) is 9.59 Å². The minimum atomic E-state index is -0.668. The van der Waals surface area contributed by atoms with Crippen molar-refractivity contribution in [2.75, 3.05) is 7.11 Å². The van der Waals surface area contributed by atoms with Crippen molar-refractivity contribution in [1.82, 2.24) is 5.32 Å². The monoisotopic (exact) mass is 281 g/mol. The normalized spacial score (nSPS) is 10.6. The molecule has 1 amide bonds. The second-order valence-corrected chi connectivity index (χ2v) is 3.69. The molecule has 0 saturated carbocycles. The molecule has 0 bridgehead atoms. The van der Waals surface area contributed by atoms with Crippen molar-refractivity contribution >= 4 is 12.1 Å². The number of nitrogens with one attached hydrogen (secondary N) is 1. The highest BCUT2D eigenvalue weighted by Gasteiger charge is 2.19. The molecule has 5 nitrogen and oxygen atoms in total. The Kier molecular flexibility index (Phi) is 9.74. The molecule has 0 heterocycles.